The molecule has 8 heteroatoms. The molecule has 2 N–H and O–H groups in total. The molecule has 0 spiro atoms. The molecule has 1 atom stereocenters. The van der Waals surface area contributed by atoms with Crippen LogP contribution in [0.4, 0.5) is 0 Å². The van der Waals surface area contributed by atoms with Crippen molar-refractivity contribution in [3.63, 3.8) is 0 Å². The zero-order valence-electron chi connectivity index (χ0n) is 19.5. The predicted molar refractivity (Wildman–Crippen MR) is 131 cm³/mol. The van der Waals surface area contributed by atoms with E-state index in [1.807, 2.05) is 86.9 Å². The molecule has 2 amide bonds. The van der Waals surface area contributed by atoms with E-state index in [2.05, 4.69) is 20.8 Å². The van der Waals surface area contributed by atoms with E-state index >= 15 is 0 Å². The van der Waals surface area contributed by atoms with E-state index in [0.29, 0.717) is 29.6 Å². The fourth-order valence-electron chi connectivity index (χ4n) is 3.37. The summed E-state index contributed by atoms with van der Waals surface area (Å²) in [5.74, 6) is 0.839. The summed E-state index contributed by atoms with van der Waals surface area (Å²) in [5, 5.41) is 15.4. The monoisotopic (exact) mass is 465 g/mol. The van der Waals surface area contributed by atoms with Gasteiger partial charge in [0.25, 0.3) is 5.91 Å². The Morgan fingerprint density at radius 3 is 2.36 bits per heavy atom. The summed E-state index contributed by atoms with van der Waals surface area (Å²) < 4.78 is 1.97. The number of hydrogen-bond donors (Lipinski definition) is 2. The molecule has 7 nitrogen and oxygen atoms in total. The van der Waals surface area contributed by atoms with E-state index in [-0.39, 0.29) is 29.5 Å². The topological polar surface area (TPSA) is 88.9 Å². The van der Waals surface area contributed by atoms with E-state index < -0.39 is 0 Å². The number of carbonyl (C=O) groups is 2. The van der Waals surface area contributed by atoms with Gasteiger partial charge in [-0.1, -0.05) is 73.6 Å². The number of aromatic nitrogens is 3. The molecule has 0 fully saturated rings. The van der Waals surface area contributed by atoms with Crippen LogP contribution in [-0.2, 0) is 17.9 Å². The predicted octanol–water partition coefficient (Wildman–Crippen LogP) is 4.14. The van der Waals surface area contributed by atoms with Crippen molar-refractivity contribution in [1.29, 1.82) is 0 Å². The summed E-state index contributed by atoms with van der Waals surface area (Å²) in [4.78, 5) is 25.1. The van der Waals surface area contributed by atoms with Gasteiger partial charge in [-0.2, -0.15) is 0 Å². The lowest BCUT2D eigenvalue weighted by molar-refractivity contribution is -0.118. The van der Waals surface area contributed by atoms with Crippen molar-refractivity contribution in [3.05, 3.63) is 77.1 Å². The van der Waals surface area contributed by atoms with Crippen LogP contribution in [-0.4, -0.2) is 32.3 Å². The standard InChI is InChI=1S/C25H31N5O2S/c1-5-30-23(22(17(2)3)27-24(32)20-13-11-18(4)12-14-20)28-29-25(30)33-16-21(31)26-15-19-9-7-6-8-10-19/h6-14,17,22H,5,15-16H2,1-4H3,(H,26,31)(H,27,32)/t22-/m1/s1. The van der Waals surface area contributed by atoms with Crippen molar-refractivity contribution in [2.24, 2.45) is 5.92 Å². The van der Waals surface area contributed by atoms with Gasteiger partial charge >= 0.3 is 0 Å². The lowest BCUT2D eigenvalue weighted by Crippen LogP contribution is -2.33. The Morgan fingerprint density at radius 2 is 1.73 bits per heavy atom. The van der Waals surface area contributed by atoms with Gasteiger partial charge in [0.2, 0.25) is 5.91 Å². The second-order valence-corrected chi connectivity index (χ2v) is 9.14. The highest BCUT2D eigenvalue weighted by Gasteiger charge is 2.26. The van der Waals surface area contributed by atoms with Gasteiger partial charge in [-0.15, -0.1) is 10.2 Å². The van der Waals surface area contributed by atoms with Crippen molar-refractivity contribution in [3.8, 4) is 0 Å². The number of nitrogens with zero attached hydrogens (tertiary/aromatic N) is 3. The molecular formula is C25H31N5O2S. The first kappa shape index (κ1) is 24.5. The fraction of sp³-hybridized carbons (Fsp3) is 0.360. The molecule has 1 heterocycles. The first-order chi connectivity index (χ1) is 15.9. The van der Waals surface area contributed by atoms with Crippen LogP contribution in [0.1, 0.15) is 54.1 Å². The van der Waals surface area contributed by atoms with Crippen molar-refractivity contribution in [1.82, 2.24) is 25.4 Å². The van der Waals surface area contributed by atoms with Crippen molar-refractivity contribution in [2.45, 2.75) is 52.0 Å². The number of aryl methyl sites for hydroxylation is 1. The molecule has 0 aliphatic rings. The summed E-state index contributed by atoms with van der Waals surface area (Å²) in [6.07, 6.45) is 0. The van der Waals surface area contributed by atoms with Gasteiger partial charge in [-0.3, -0.25) is 9.59 Å². The fourth-order valence-corrected chi connectivity index (χ4v) is 4.21. The van der Waals surface area contributed by atoms with Gasteiger partial charge in [-0.05, 0) is 37.5 Å². The minimum atomic E-state index is -0.299. The van der Waals surface area contributed by atoms with Gasteiger partial charge in [0, 0.05) is 18.7 Å². The highest BCUT2D eigenvalue weighted by molar-refractivity contribution is 7.99. The van der Waals surface area contributed by atoms with E-state index in [1.165, 1.54) is 11.8 Å². The molecule has 0 aliphatic heterocycles. The van der Waals surface area contributed by atoms with Gasteiger partial charge < -0.3 is 15.2 Å². The molecule has 0 saturated carbocycles. The molecule has 2 aromatic carbocycles. The number of benzene rings is 2. The van der Waals surface area contributed by atoms with Crippen LogP contribution in [0.15, 0.2) is 59.8 Å². The number of rotatable bonds is 10. The average molecular weight is 466 g/mol. The van der Waals surface area contributed by atoms with Gasteiger partial charge in [0.05, 0.1) is 11.8 Å². The molecule has 0 radical (unpaired) electrons. The van der Waals surface area contributed by atoms with Crippen LogP contribution in [0.25, 0.3) is 0 Å². The first-order valence-electron chi connectivity index (χ1n) is 11.1. The third-order valence-electron chi connectivity index (χ3n) is 5.27. The molecule has 1 aromatic heterocycles. The SMILES string of the molecule is CCn1c(SCC(=O)NCc2ccccc2)nnc1[C@H](NC(=O)c1ccc(C)cc1)C(C)C. The Morgan fingerprint density at radius 1 is 1.03 bits per heavy atom. The second-order valence-electron chi connectivity index (χ2n) is 8.20. The lowest BCUT2D eigenvalue weighted by Gasteiger charge is -2.22. The maximum absolute atomic E-state index is 12.8. The van der Waals surface area contributed by atoms with Crippen LogP contribution in [0.5, 0.6) is 0 Å². The normalized spacial score (nSPS) is 11.9. The van der Waals surface area contributed by atoms with Crippen molar-refractivity contribution >= 4 is 23.6 Å². The van der Waals surface area contributed by atoms with Gasteiger partial charge in [0.1, 0.15) is 0 Å². The zero-order chi connectivity index (χ0) is 23.8. The highest BCUT2D eigenvalue weighted by atomic mass is 32.2. The summed E-state index contributed by atoms with van der Waals surface area (Å²) in [6.45, 7) is 9.21. The molecule has 33 heavy (non-hydrogen) atoms. The van der Waals surface area contributed by atoms with E-state index in [4.69, 9.17) is 0 Å². The van der Waals surface area contributed by atoms with Crippen molar-refractivity contribution < 1.29 is 9.59 Å². The maximum atomic E-state index is 12.8. The van der Waals surface area contributed by atoms with Gasteiger partial charge in [-0.25, -0.2) is 0 Å². The summed E-state index contributed by atoms with van der Waals surface area (Å²) in [5.41, 5.74) is 2.77. The summed E-state index contributed by atoms with van der Waals surface area (Å²) in [6, 6.07) is 17.0. The minimum absolute atomic E-state index is 0.0656. The summed E-state index contributed by atoms with van der Waals surface area (Å²) in [7, 11) is 0. The molecule has 3 aromatic rings. The van der Waals surface area contributed by atoms with Crippen LogP contribution in [0.3, 0.4) is 0 Å². The molecular weight excluding hydrogens is 434 g/mol. The van der Waals surface area contributed by atoms with E-state index in [9.17, 15) is 9.59 Å². The molecule has 0 unspecified atom stereocenters. The van der Waals surface area contributed by atoms with E-state index in [1.54, 1.807) is 0 Å². The molecule has 0 saturated heterocycles. The first-order valence-corrected chi connectivity index (χ1v) is 12.1. The minimum Gasteiger partial charge on any atom is -0.351 e. The average Bonchev–Trinajstić information content (AvgIpc) is 3.23. The number of nitrogens with one attached hydrogen (secondary N) is 2. The lowest BCUT2D eigenvalue weighted by atomic mass is 10.0. The van der Waals surface area contributed by atoms with Gasteiger partial charge in [0.15, 0.2) is 11.0 Å². The van der Waals surface area contributed by atoms with Crippen LogP contribution < -0.4 is 10.6 Å². The molecule has 174 valence electrons. The Balaban J connectivity index is 1.66. The third-order valence-corrected chi connectivity index (χ3v) is 6.24. The number of amides is 2. The Hall–Kier alpha value is -3.13. The van der Waals surface area contributed by atoms with Crippen molar-refractivity contribution in [2.75, 3.05) is 5.75 Å². The van der Waals surface area contributed by atoms with Crippen LogP contribution >= 0.6 is 11.8 Å². The highest BCUT2D eigenvalue weighted by Crippen LogP contribution is 2.25. The quantitative estimate of drug-likeness (QED) is 0.439. The number of hydrogen-bond acceptors (Lipinski definition) is 5. The second kappa shape index (κ2) is 11.7. The Kier molecular flexibility index (Phi) is 8.65. The largest absolute Gasteiger partial charge is 0.351 e. The third kappa shape index (κ3) is 6.68. The zero-order valence-corrected chi connectivity index (χ0v) is 20.4. The number of carbonyl (C=O) groups excluding carboxylic acids is 2. The van der Waals surface area contributed by atoms with Crippen LogP contribution in [0.2, 0.25) is 0 Å². The number of thioether (sulfide) groups is 1. The molecule has 0 bridgehead atoms. The maximum Gasteiger partial charge on any atom is 0.251 e. The molecule has 0 aliphatic carbocycles. The Bertz CT molecular complexity index is 1060. The summed E-state index contributed by atoms with van der Waals surface area (Å²) >= 11 is 1.35. The smallest absolute Gasteiger partial charge is 0.251 e. The van der Waals surface area contributed by atoms with E-state index in [0.717, 1.165) is 11.1 Å². The van der Waals surface area contributed by atoms with Crippen LogP contribution in [0, 0.1) is 12.8 Å². The Labute approximate surface area is 199 Å². The molecule has 3 rings (SSSR count).